The Hall–Kier alpha value is -2.48. The highest BCUT2D eigenvalue weighted by atomic mass is 19.1. The zero-order valence-corrected chi connectivity index (χ0v) is 15.8. The van der Waals surface area contributed by atoms with Crippen molar-refractivity contribution in [3.8, 4) is 0 Å². The van der Waals surface area contributed by atoms with Gasteiger partial charge in [-0.15, -0.1) is 0 Å². The molecule has 1 saturated carbocycles. The second-order valence-electron chi connectivity index (χ2n) is 6.94. The topological polar surface area (TPSA) is 90.5 Å². The Kier molecular flexibility index (Phi) is 7.72. The summed E-state index contributed by atoms with van der Waals surface area (Å²) < 4.78 is 12.9. The molecule has 0 spiro atoms. The van der Waals surface area contributed by atoms with Gasteiger partial charge in [-0.3, -0.25) is 19.8 Å². The van der Waals surface area contributed by atoms with E-state index in [1.165, 1.54) is 35.6 Å². The van der Waals surface area contributed by atoms with Gasteiger partial charge in [0.25, 0.3) is 0 Å². The van der Waals surface area contributed by atoms with Crippen LogP contribution in [-0.2, 0) is 9.59 Å². The fourth-order valence-corrected chi connectivity index (χ4v) is 2.98. The highest BCUT2D eigenvalue weighted by Gasteiger charge is 2.23. The molecule has 0 radical (unpaired) electrons. The number of anilines is 1. The van der Waals surface area contributed by atoms with Crippen LogP contribution in [0.1, 0.15) is 39.0 Å². The molecule has 0 saturated heterocycles. The first kappa shape index (κ1) is 20.8. The van der Waals surface area contributed by atoms with Gasteiger partial charge in [0.1, 0.15) is 5.82 Å². The summed E-state index contributed by atoms with van der Waals surface area (Å²) in [5, 5.41) is 7.79. The molecule has 8 heteroatoms. The number of carbonyl (C=O) groups is 3. The maximum Gasteiger partial charge on any atom is 0.321 e. The van der Waals surface area contributed by atoms with Gasteiger partial charge in [0, 0.05) is 11.7 Å². The first-order chi connectivity index (χ1) is 12.8. The van der Waals surface area contributed by atoms with Crippen molar-refractivity contribution < 1.29 is 18.8 Å². The molecule has 1 aliphatic rings. The number of nitrogens with zero attached hydrogens (tertiary/aromatic N) is 1. The second kappa shape index (κ2) is 10.0. The Bertz CT molecular complexity index is 659. The lowest BCUT2D eigenvalue weighted by Gasteiger charge is -2.25. The van der Waals surface area contributed by atoms with Crippen LogP contribution in [0, 0.1) is 5.82 Å². The fourth-order valence-electron chi connectivity index (χ4n) is 2.98. The van der Waals surface area contributed by atoms with Crippen LogP contribution in [0.15, 0.2) is 24.3 Å². The van der Waals surface area contributed by atoms with Crippen LogP contribution in [0.3, 0.4) is 0 Å². The van der Waals surface area contributed by atoms with Crippen molar-refractivity contribution in [1.29, 1.82) is 0 Å². The van der Waals surface area contributed by atoms with E-state index in [-0.39, 0.29) is 24.3 Å². The van der Waals surface area contributed by atoms with Crippen molar-refractivity contribution in [2.24, 2.45) is 0 Å². The predicted octanol–water partition coefficient (Wildman–Crippen LogP) is 2.24. The third kappa shape index (κ3) is 6.97. The quantitative estimate of drug-likeness (QED) is 0.708. The molecule has 148 valence electrons. The number of benzene rings is 1. The SMILES string of the molecule is C[C@H](C(=O)NC(=O)NC1CCCCC1)N(C)CC(=O)Nc1ccc(F)cc1. The number of hydrogen-bond donors (Lipinski definition) is 3. The zero-order valence-electron chi connectivity index (χ0n) is 15.8. The van der Waals surface area contributed by atoms with Gasteiger partial charge < -0.3 is 10.6 Å². The van der Waals surface area contributed by atoms with E-state index in [1.54, 1.807) is 14.0 Å². The lowest BCUT2D eigenvalue weighted by Crippen LogP contribution is -2.51. The van der Waals surface area contributed by atoms with Crippen LogP contribution in [-0.4, -0.2) is 48.4 Å². The molecule has 3 N–H and O–H groups in total. The molecule has 0 unspecified atom stereocenters. The summed E-state index contributed by atoms with van der Waals surface area (Å²) in [7, 11) is 1.62. The Labute approximate surface area is 158 Å². The first-order valence-corrected chi connectivity index (χ1v) is 9.22. The molecule has 1 atom stereocenters. The average Bonchev–Trinajstić information content (AvgIpc) is 2.63. The molecule has 1 fully saturated rings. The summed E-state index contributed by atoms with van der Waals surface area (Å²) in [5.41, 5.74) is 0.471. The third-order valence-electron chi connectivity index (χ3n) is 4.74. The summed E-state index contributed by atoms with van der Waals surface area (Å²) in [6, 6.07) is 4.36. The normalized spacial score (nSPS) is 15.9. The lowest BCUT2D eigenvalue weighted by molar-refractivity contribution is -0.125. The number of rotatable bonds is 6. The van der Waals surface area contributed by atoms with Crippen molar-refractivity contribution in [2.45, 2.75) is 51.1 Å². The van der Waals surface area contributed by atoms with Crippen molar-refractivity contribution in [2.75, 3.05) is 18.9 Å². The average molecular weight is 378 g/mol. The number of imide groups is 1. The lowest BCUT2D eigenvalue weighted by atomic mass is 9.96. The van der Waals surface area contributed by atoms with Crippen LogP contribution >= 0.6 is 0 Å². The van der Waals surface area contributed by atoms with Gasteiger partial charge in [-0.05, 0) is 51.1 Å². The highest BCUT2D eigenvalue weighted by Crippen LogP contribution is 2.17. The van der Waals surface area contributed by atoms with E-state index < -0.39 is 18.0 Å². The zero-order chi connectivity index (χ0) is 19.8. The minimum atomic E-state index is -0.666. The highest BCUT2D eigenvalue weighted by molar-refractivity contribution is 5.97. The summed E-state index contributed by atoms with van der Waals surface area (Å²) in [4.78, 5) is 37.8. The molecule has 1 aromatic rings. The number of hydrogen-bond acceptors (Lipinski definition) is 4. The standard InChI is InChI=1S/C19H27FN4O3/c1-13(18(26)23-19(27)22-15-6-4-3-5-7-15)24(2)12-17(25)21-16-10-8-14(20)9-11-16/h8-11,13,15H,3-7,12H2,1-2H3,(H,21,25)(H2,22,23,26,27)/t13-/m1/s1. The molecule has 0 heterocycles. The monoisotopic (exact) mass is 378 g/mol. The van der Waals surface area contributed by atoms with Gasteiger partial charge in [-0.25, -0.2) is 9.18 Å². The van der Waals surface area contributed by atoms with E-state index in [0.29, 0.717) is 5.69 Å². The van der Waals surface area contributed by atoms with Crippen LogP contribution in [0.2, 0.25) is 0 Å². The summed E-state index contributed by atoms with van der Waals surface area (Å²) in [6.07, 6.45) is 5.21. The first-order valence-electron chi connectivity index (χ1n) is 9.22. The molecule has 1 aliphatic carbocycles. The van der Waals surface area contributed by atoms with Crippen molar-refractivity contribution in [1.82, 2.24) is 15.5 Å². The summed E-state index contributed by atoms with van der Waals surface area (Å²) in [5.74, 6) is -1.20. The van der Waals surface area contributed by atoms with Gasteiger partial charge in [-0.1, -0.05) is 19.3 Å². The fraction of sp³-hybridized carbons (Fsp3) is 0.526. The van der Waals surface area contributed by atoms with Gasteiger partial charge >= 0.3 is 6.03 Å². The Morgan fingerprint density at radius 2 is 1.78 bits per heavy atom. The summed E-state index contributed by atoms with van der Waals surface area (Å²) >= 11 is 0. The van der Waals surface area contributed by atoms with Crippen molar-refractivity contribution in [3.63, 3.8) is 0 Å². The summed E-state index contributed by atoms with van der Waals surface area (Å²) in [6.45, 7) is 1.57. The Morgan fingerprint density at radius 3 is 2.41 bits per heavy atom. The Morgan fingerprint density at radius 1 is 1.15 bits per heavy atom. The number of likely N-dealkylation sites (N-methyl/N-ethyl adjacent to an activating group) is 1. The van der Waals surface area contributed by atoms with Gasteiger partial charge in [0.05, 0.1) is 12.6 Å². The number of carbonyl (C=O) groups excluding carboxylic acids is 3. The van der Waals surface area contributed by atoms with Crippen molar-refractivity contribution in [3.05, 3.63) is 30.1 Å². The van der Waals surface area contributed by atoms with E-state index in [9.17, 15) is 18.8 Å². The number of nitrogens with one attached hydrogen (secondary N) is 3. The van der Waals surface area contributed by atoms with E-state index >= 15 is 0 Å². The largest absolute Gasteiger partial charge is 0.335 e. The minimum Gasteiger partial charge on any atom is -0.335 e. The van der Waals surface area contributed by atoms with Crippen LogP contribution in [0.25, 0.3) is 0 Å². The van der Waals surface area contributed by atoms with Crippen LogP contribution in [0.4, 0.5) is 14.9 Å². The van der Waals surface area contributed by atoms with Gasteiger partial charge in [0.2, 0.25) is 11.8 Å². The van der Waals surface area contributed by atoms with Gasteiger partial charge in [-0.2, -0.15) is 0 Å². The molecular formula is C19H27FN4O3. The van der Waals surface area contributed by atoms with E-state index in [2.05, 4.69) is 16.0 Å². The third-order valence-corrected chi connectivity index (χ3v) is 4.74. The van der Waals surface area contributed by atoms with Crippen LogP contribution < -0.4 is 16.0 Å². The smallest absolute Gasteiger partial charge is 0.321 e. The second-order valence-corrected chi connectivity index (χ2v) is 6.94. The van der Waals surface area contributed by atoms with E-state index in [1.807, 2.05) is 0 Å². The van der Waals surface area contributed by atoms with Crippen molar-refractivity contribution >= 4 is 23.5 Å². The molecule has 1 aromatic carbocycles. The molecule has 0 aliphatic heterocycles. The molecule has 2 rings (SSSR count). The van der Waals surface area contributed by atoms with E-state index in [4.69, 9.17) is 0 Å². The van der Waals surface area contributed by atoms with Crippen LogP contribution in [0.5, 0.6) is 0 Å². The Balaban J connectivity index is 1.76. The number of halogens is 1. The number of urea groups is 1. The molecular weight excluding hydrogens is 351 g/mol. The molecule has 27 heavy (non-hydrogen) atoms. The molecule has 0 bridgehead atoms. The van der Waals surface area contributed by atoms with Gasteiger partial charge in [0.15, 0.2) is 0 Å². The maximum absolute atomic E-state index is 12.9. The molecule has 7 nitrogen and oxygen atoms in total. The maximum atomic E-state index is 12.9. The minimum absolute atomic E-state index is 0.0454. The van der Waals surface area contributed by atoms with E-state index in [0.717, 1.165) is 25.7 Å². The number of amides is 4. The molecule has 0 aromatic heterocycles. The predicted molar refractivity (Wildman–Crippen MR) is 101 cm³/mol. The molecule has 4 amide bonds.